The lowest BCUT2D eigenvalue weighted by Crippen LogP contribution is -1.86. The topological polar surface area (TPSA) is 60.5 Å². The normalized spacial score (nSPS) is 8.27. The van der Waals surface area contributed by atoms with Crippen molar-refractivity contribution in [2.45, 2.75) is 0 Å². The van der Waals surface area contributed by atoms with Crippen LogP contribution in [0, 0.1) is 22.7 Å². The summed E-state index contributed by atoms with van der Waals surface area (Å²) in [4.78, 5) is 3.74. The first-order chi connectivity index (χ1) is 5.29. The summed E-state index contributed by atoms with van der Waals surface area (Å²) in [7, 11) is 0. The third-order valence-corrected chi connectivity index (χ3v) is 1.73. The maximum atomic E-state index is 8.57. The van der Waals surface area contributed by atoms with Crippen molar-refractivity contribution in [2.75, 3.05) is 0 Å². The van der Waals surface area contributed by atoms with E-state index in [1.807, 2.05) is 12.1 Å². The van der Waals surface area contributed by atoms with E-state index < -0.39 is 0 Å². The lowest BCUT2D eigenvalue weighted by Gasteiger charge is -1.93. The van der Waals surface area contributed by atoms with Gasteiger partial charge < -0.3 is 0 Å². The van der Waals surface area contributed by atoms with Crippen molar-refractivity contribution in [3.63, 3.8) is 0 Å². The van der Waals surface area contributed by atoms with Crippen LogP contribution in [0.1, 0.15) is 11.1 Å². The molecule has 0 aliphatic rings. The molecule has 1 rings (SSSR count). The highest BCUT2D eigenvalue weighted by Crippen LogP contribution is 2.16. The van der Waals surface area contributed by atoms with Crippen LogP contribution in [0.5, 0.6) is 0 Å². The van der Waals surface area contributed by atoms with Gasteiger partial charge in [0, 0.05) is 12.4 Å². The highest BCUT2D eigenvalue weighted by molar-refractivity contribution is 9.10. The van der Waals surface area contributed by atoms with Crippen LogP contribution in [0.25, 0.3) is 0 Å². The maximum absolute atomic E-state index is 8.57. The molecule has 0 unspecified atom stereocenters. The van der Waals surface area contributed by atoms with Crippen LogP contribution in [0.2, 0.25) is 0 Å². The molecule has 1 aromatic rings. The summed E-state index contributed by atoms with van der Waals surface area (Å²) in [6.07, 6.45) is 2.85. The van der Waals surface area contributed by atoms with Gasteiger partial charge >= 0.3 is 0 Å². The Morgan fingerprint density at radius 3 is 2.45 bits per heavy atom. The molecular weight excluding hydrogens is 206 g/mol. The average Bonchev–Trinajstić information content (AvgIpc) is 2.04. The Hall–Kier alpha value is -1.39. The SMILES string of the molecule is N#Cc1cncc(Br)c1C#N. The quantitative estimate of drug-likeness (QED) is 0.650. The standard InChI is InChI=1S/C7H2BrN3/c8-7-4-11-3-5(1-9)6(7)2-10/h3-4H. The minimum absolute atomic E-state index is 0.293. The summed E-state index contributed by atoms with van der Waals surface area (Å²) < 4.78 is 0.555. The Kier molecular flexibility index (Phi) is 2.20. The molecule has 0 saturated heterocycles. The van der Waals surface area contributed by atoms with Gasteiger partial charge in [-0.2, -0.15) is 10.5 Å². The second-order valence-corrected chi connectivity index (χ2v) is 2.62. The molecule has 0 N–H and O–H groups in total. The second-order valence-electron chi connectivity index (χ2n) is 1.77. The molecule has 0 saturated carbocycles. The van der Waals surface area contributed by atoms with E-state index >= 15 is 0 Å². The van der Waals surface area contributed by atoms with Gasteiger partial charge in [0.05, 0.1) is 15.6 Å². The maximum Gasteiger partial charge on any atom is 0.102 e. The zero-order valence-corrected chi connectivity index (χ0v) is 6.96. The fourth-order valence-corrected chi connectivity index (χ4v) is 1.05. The monoisotopic (exact) mass is 207 g/mol. The third kappa shape index (κ3) is 1.36. The van der Waals surface area contributed by atoms with Gasteiger partial charge in [-0.3, -0.25) is 4.98 Å². The predicted molar refractivity (Wildman–Crippen MR) is 41.4 cm³/mol. The number of hydrogen-bond acceptors (Lipinski definition) is 3. The minimum atomic E-state index is 0.293. The van der Waals surface area contributed by atoms with E-state index in [2.05, 4.69) is 20.9 Å². The van der Waals surface area contributed by atoms with Gasteiger partial charge in [0.15, 0.2) is 0 Å². The molecule has 4 heteroatoms. The fraction of sp³-hybridized carbons (Fsp3) is 0. The van der Waals surface area contributed by atoms with E-state index in [0.29, 0.717) is 15.6 Å². The molecule has 0 radical (unpaired) electrons. The Balaban J connectivity index is 3.42. The van der Waals surface area contributed by atoms with Crippen LogP contribution in [-0.2, 0) is 0 Å². The molecule has 0 spiro atoms. The first-order valence-corrected chi connectivity index (χ1v) is 3.52. The summed E-state index contributed by atoms with van der Waals surface area (Å²) in [5.41, 5.74) is 0.629. The highest BCUT2D eigenvalue weighted by Gasteiger charge is 2.04. The Morgan fingerprint density at radius 2 is 2.00 bits per heavy atom. The second kappa shape index (κ2) is 3.14. The minimum Gasteiger partial charge on any atom is -0.262 e. The van der Waals surface area contributed by atoms with Crippen LogP contribution in [0.3, 0.4) is 0 Å². The van der Waals surface area contributed by atoms with Crippen molar-refractivity contribution < 1.29 is 0 Å². The lowest BCUT2D eigenvalue weighted by atomic mass is 10.2. The number of nitrogens with zero attached hydrogens (tertiary/aromatic N) is 3. The van der Waals surface area contributed by atoms with Crippen molar-refractivity contribution in [2.24, 2.45) is 0 Å². The van der Waals surface area contributed by atoms with Crippen molar-refractivity contribution in [3.8, 4) is 12.1 Å². The van der Waals surface area contributed by atoms with Crippen molar-refractivity contribution >= 4 is 15.9 Å². The summed E-state index contributed by atoms with van der Waals surface area (Å²) in [6, 6.07) is 3.78. The smallest absolute Gasteiger partial charge is 0.102 e. The van der Waals surface area contributed by atoms with Crippen LogP contribution < -0.4 is 0 Å². The number of hydrogen-bond donors (Lipinski definition) is 0. The molecule has 0 fully saturated rings. The van der Waals surface area contributed by atoms with Crippen molar-refractivity contribution in [1.29, 1.82) is 10.5 Å². The van der Waals surface area contributed by atoms with E-state index in [1.165, 1.54) is 12.4 Å². The average molecular weight is 208 g/mol. The van der Waals surface area contributed by atoms with E-state index in [-0.39, 0.29) is 0 Å². The molecule has 0 aliphatic carbocycles. The van der Waals surface area contributed by atoms with E-state index in [0.717, 1.165) is 0 Å². The van der Waals surface area contributed by atoms with Gasteiger partial charge in [0.1, 0.15) is 12.1 Å². The number of nitriles is 2. The van der Waals surface area contributed by atoms with E-state index in [4.69, 9.17) is 10.5 Å². The summed E-state index contributed by atoms with van der Waals surface area (Å²) in [6.45, 7) is 0. The zero-order chi connectivity index (χ0) is 8.27. The van der Waals surface area contributed by atoms with Crippen LogP contribution in [0.4, 0.5) is 0 Å². The molecule has 0 bridgehead atoms. The Labute approximate surface area is 72.0 Å². The molecule has 52 valence electrons. The molecule has 1 heterocycles. The number of rotatable bonds is 0. The van der Waals surface area contributed by atoms with Crippen molar-refractivity contribution in [3.05, 3.63) is 28.0 Å². The van der Waals surface area contributed by atoms with Gasteiger partial charge in [-0.25, -0.2) is 0 Å². The highest BCUT2D eigenvalue weighted by atomic mass is 79.9. The van der Waals surface area contributed by atoms with Gasteiger partial charge in [0.25, 0.3) is 0 Å². The van der Waals surface area contributed by atoms with Gasteiger partial charge in [-0.15, -0.1) is 0 Å². The molecule has 0 aliphatic heterocycles. The van der Waals surface area contributed by atoms with E-state index in [1.54, 1.807) is 0 Å². The summed E-state index contributed by atoms with van der Waals surface area (Å²) in [5.74, 6) is 0. The number of halogens is 1. The number of aromatic nitrogens is 1. The van der Waals surface area contributed by atoms with Crippen LogP contribution in [0.15, 0.2) is 16.9 Å². The summed E-state index contributed by atoms with van der Waals surface area (Å²) >= 11 is 3.11. The predicted octanol–water partition coefficient (Wildman–Crippen LogP) is 1.59. The third-order valence-electron chi connectivity index (χ3n) is 1.13. The van der Waals surface area contributed by atoms with Crippen LogP contribution >= 0.6 is 15.9 Å². The largest absolute Gasteiger partial charge is 0.262 e. The lowest BCUT2D eigenvalue weighted by molar-refractivity contribution is 1.26. The zero-order valence-electron chi connectivity index (χ0n) is 5.37. The molecule has 11 heavy (non-hydrogen) atoms. The van der Waals surface area contributed by atoms with E-state index in [9.17, 15) is 0 Å². The first-order valence-electron chi connectivity index (χ1n) is 2.73. The summed E-state index contributed by atoms with van der Waals surface area (Å²) in [5, 5.41) is 17.1. The molecule has 0 aromatic carbocycles. The molecule has 0 atom stereocenters. The van der Waals surface area contributed by atoms with Gasteiger partial charge in [0.2, 0.25) is 0 Å². The molecule has 3 nitrogen and oxygen atoms in total. The van der Waals surface area contributed by atoms with Gasteiger partial charge in [-0.1, -0.05) is 0 Å². The first kappa shape index (κ1) is 7.71. The van der Waals surface area contributed by atoms with Crippen molar-refractivity contribution in [1.82, 2.24) is 4.98 Å². The molecular formula is C7H2BrN3. The number of pyridine rings is 1. The Morgan fingerprint density at radius 1 is 1.27 bits per heavy atom. The molecule has 1 aromatic heterocycles. The van der Waals surface area contributed by atoms with Crippen LogP contribution in [-0.4, -0.2) is 4.98 Å². The molecule has 0 amide bonds. The fourth-order valence-electron chi connectivity index (χ4n) is 0.633. The Bertz CT molecular complexity index is 359. The van der Waals surface area contributed by atoms with Gasteiger partial charge in [-0.05, 0) is 15.9 Å².